The average Bonchev–Trinajstić information content (AvgIpc) is 3.32. The zero-order chi connectivity index (χ0) is 26.2. The van der Waals surface area contributed by atoms with E-state index in [9.17, 15) is 18.0 Å². The van der Waals surface area contributed by atoms with Gasteiger partial charge in [0.15, 0.2) is 5.65 Å². The van der Waals surface area contributed by atoms with Crippen molar-refractivity contribution in [2.75, 3.05) is 25.9 Å². The Morgan fingerprint density at radius 3 is 2.42 bits per heavy atom. The molecule has 2 aromatic heterocycles. The van der Waals surface area contributed by atoms with Gasteiger partial charge in [-0.25, -0.2) is 9.97 Å². The topological polar surface area (TPSA) is 106 Å². The number of imidazole rings is 1. The van der Waals surface area contributed by atoms with E-state index in [-0.39, 0.29) is 35.5 Å². The van der Waals surface area contributed by atoms with Crippen molar-refractivity contribution in [3.63, 3.8) is 0 Å². The third-order valence-electron chi connectivity index (χ3n) is 7.55. The number of hydrogen-bond donors (Lipinski definition) is 2. The first kappa shape index (κ1) is 28.0. The summed E-state index contributed by atoms with van der Waals surface area (Å²) < 4.78 is 46.8. The second-order valence-corrected chi connectivity index (χ2v) is 9.79. The van der Waals surface area contributed by atoms with Crippen LogP contribution in [0.5, 0.6) is 5.75 Å². The summed E-state index contributed by atoms with van der Waals surface area (Å²) in [6.07, 6.45) is 2.87. The van der Waals surface area contributed by atoms with E-state index in [1.54, 1.807) is 18.2 Å². The van der Waals surface area contributed by atoms with E-state index in [4.69, 9.17) is 15.5 Å². The number of piperidine rings is 1. The summed E-state index contributed by atoms with van der Waals surface area (Å²) in [7, 11) is 1.76. The van der Waals surface area contributed by atoms with Crippen LogP contribution in [0.3, 0.4) is 0 Å². The number of nitrogens with two attached hydrogens (primary N) is 1. The van der Waals surface area contributed by atoms with Gasteiger partial charge in [0.05, 0.1) is 17.2 Å². The number of aromatic nitrogens is 3. The summed E-state index contributed by atoms with van der Waals surface area (Å²) in [5.74, 6) is 0.821. The van der Waals surface area contributed by atoms with Crippen LogP contribution in [0.25, 0.3) is 11.2 Å². The molecule has 5 rings (SSSR count). The summed E-state index contributed by atoms with van der Waals surface area (Å²) in [4.78, 5) is 27.6. The van der Waals surface area contributed by atoms with E-state index in [0.717, 1.165) is 67.6 Å². The number of pyridine rings is 1. The standard InChI is InChI=1S/C26H30F3N5O3.ClH/c1-36-17-4-2-16(3-5-17)23-32-22-19(8-11-31-24(22)33-23)15-9-12-34(13-10-15)25(35)20-7-6-18(14-21(20)30)37-26(27,28)29;/h6-8,11,14-17H,2-5,9-10,12-13,30H2,1H3,(H,31,32,33);1H. The molecule has 0 atom stereocenters. The summed E-state index contributed by atoms with van der Waals surface area (Å²) >= 11 is 0. The molecule has 0 unspecified atom stereocenters. The second kappa shape index (κ2) is 11.4. The van der Waals surface area contributed by atoms with Crippen LogP contribution >= 0.6 is 12.4 Å². The lowest BCUT2D eigenvalue weighted by molar-refractivity contribution is -0.274. The molecule has 38 heavy (non-hydrogen) atoms. The molecule has 3 heterocycles. The number of likely N-dealkylation sites (tertiary alicyclic amines) is 1. The van der Waals surface area contributed by atoms with Crippen molar-refractivity contribution in [3.8, 4) is 5.75 Å². The molecule has 1 amide bonds. The number of fused-ring (bicyclic) bond motifs is 1. The van der Waals surface area contributed by atoms with Gasteiger partial charge >= 0.3 is 6.36 Å². The molecule has 8 nitrogen and oxygen atoms in total. The maximum atomic E-state index is 13.0. The molecule has 1 saturated carbocycles. The number of halogens is 4. The number of aromatic amines is 1. The number of nitrogen functional groups attached to an aromatic ring is 1. The Kier molecular flexibility index (Phi) is 8.37. The number of benzene rings is 1. The second-order valence-electron chi connectivity index (χ2n) is 9.79. The quantitative estimate of drug-likeness (QED) is 0.401. The van der Waals surface area contributed by atoms with Gasteiger partial charge in [-0.05, 0) is 68.2 Å². The molecule has 1 aliphatic carbocycles. The Morgan fingerprint density at radius 1 is 1.08 bits per heavy atom. The molecule has 3 N–H and O–H groups in total. The molecule has 2 aliphatic rings. The number of rotatable bonds is 5. The molecule has 3 aromatic rings. The molecule has 1 aliphatic heterocycles. The van der Waals surface area contributed by atoms with Gasteiger partial charge in [0, 0.05) is 44.1 Å². The molecule has 1 saturated heterocycles. The van der Waals surface area contributed by atoms with E-state index in [0.29, 0.717) is 30.8 Å². The van der Waals surface area contributed by atoms with Crippen LogP contribution in [0.4, 0.5) is 18.9 Å². The van der Waals surface area contributed by atoms with Crippen LogP contribution in [0.1, 0.15) is 72.1 Å². The highest BCUT2D eigenvalue weighted by Gasteiger charge is 2.32. The van der Waals surface area contributed by atoms with Gasteiger partial charge < -0.3 is 25.1 Å². The normalized spacial score (nSPS) is 20.8. The highest BCUT2D eigenvalue weighted by molar-refractivity contribution is 5.99. The van der Waals surface area contributed by atoms with Crippen molar-refractivity contribution in [3.05, 3.63) is 47.4 Å². The molecule has 206 valence electrons. The van der Waals surface area contributed by atoms with Gasteiger partial charge in [0.1, 0.15) is 11.6 Å². The Balaban J connectivity index is 0.00000336. The monoisotopic (exact) mass is 553 g/mol. The predicted molar refractivity (Wildman–Crippen MR) is 139 cm³/mol. The first-order chi connectivity index (χ1) is 17.7. The molecule has 1 aromatic carbocycles. The lowest BCUT2D eigenvalue weighted by Crippen LogP contribution is -2.38. The van der Waals surface area contributed by atoms with Crippen LogP contribution in [0.2, 0.25) is 0 Å². The summed E-state index contributed by atoms with van der Waals surface area (Å²) in [5.41, 5.74) is 8.83. The fourth-order valence-corrected chi connectivity index (χ4v) is 5.55. The van der Waals surface area contributed by atoms with E-state index >= 15 is 0 Å². The first-order valence-corrected chi connectivity index (χ1v) is 12.5. The number of carbonyl (C=O) groups is 1. The largest absolute Gasteiger partial charge is 0.573 e. The number of alkyl halides is 3. The van der Waals surface area contributed by atoms with Crippen LogP contribution < -0.4 is 10.5 Å². The van der Waals surface area contributed by atoms with Crippen LogP contribution in [0, 0.1) is 0 Å². The minimum atomic E-state index is -4.82. The number of nitrogens with one attached hydrogen (secondary N) is 1. The third-order valence-corrected chi connectivity index (χ3v) is 7.55. The van der Waals surface area contributed by atoms with Crippen molar-refractivity contribution >= 4 is 35.2 Å². The van der Waals surface area contributed by atoms with Crippen molar-refractivity contribution in [2.45, 2.75) is 62.8 Å². The highest BCUT2D eigenvalue weighted by Crippen LogP contribution is 2.36. The average molecular weight is 554 g/mol. The van der Waals surface area contributed by atoms with Crippen LogP contribution in [-0.4, -0.2) is 58.4 Å². The van der Waals surface area contributed by atoms with Gasteiger partial charge in [0.2, 0.25) is 0 Å². The number of amides is 1. The Labute approximate surface area is 224 Å². The molecule has 2 fully saturated rings. The van der Waals surface area contributed by atoms with Crippen LogP contribution in [-0.2, 0) is 4.74 Å². The van der Waals surface area contributed by atoms with E-state index in [1.807, 2.05) is 6.07 Å². The Bertz CT molecular complexity index is 1270. The Hall–Kier alpha value is -3.05. The summed E-state index contributed by atoms with van der Waals surface area (Å²) in [6, 6.07) is 5.43. The minimum absolute atomic E-state index is 0. The maximum absolute atomic E-state index is 13.0. The fraction of sp³-hybridized carbons (Fsp3) is 0.500. The summed E-state index contributed by atoms with van der Waals surface area (Å²) in [5, 5.41) is 0. The maximum Gasteiger partial charge on any atom is 0.573 e. The zero-order valence-electron chi connectivity index (χ0n) is 21.0. The molecule has 0 radical (unpaired) electrons. The van der Waals surface area contributed by atoms with E-state index in [2.05, 4.69) is 14.7 Å². The van der Waals surface area contributed by atoms with Gasteiger partial charge in [0.25, 0.3) is 5.91 Å². The van der Waals surface area contributed by atoms with E-state index in [1.165, 1.54) is 6.07 Å². The van der Waals surface area contributed by atoms with Crippen molar-refractivity contribution in [1.29, 1.82) is 0 Å². The molecular formula is C26H31ClF3N5O3. The summed E-state index contributed by atoms with van der Waals surface area (Å²) in [6.45, 7) is 1.02. The minimum Gasteiger partial charge on any atom is -0.406 e. The van der Waals surface area contributed by atoms with Crippen molar-refractivity contribution in [1.82, 2.24) is 19.9 Å². The lowest BCUT2D eigenvalue weighted by atomic mass is 9.87. The fourth-order valence-electron chi connectivity index (χ4n) is 5.55. The Morgan fingerprint density at radius 2 is 1.79 bits per heavy atom. The lowest BCUT2D eigenvalue weighted by Gasteiger charge is -2.32. The highest BCUT2D eigenvalue weighted by atomic mass is 35.5. The number of carbonyl (C=O) groups excluding carboxylic acids is 1. The van der Waals surface area contributed by atoms with Crippen molar-refractivity contribution < 1.29 is 27.4 Å². The number of anilines is 1. The number of ether oxygens (including phenoxy) is 2. The number of H-pyrrole nitrogens is 1. The zero-order valence-corrected chi connectivity index (χ0v) is 21.8. The molecule has 0 spiro atoms. The number of methoxy groups -OCH3 is 1. The third kappa shape index (κ3) is 5.99. The van der Waals surface area contributed by atoms with E-state index < -0.39 is 12.1 Å². The van der Waals surface area contributed by atoms with Gasteiger partial charge in [-0.1, -0.05) is 0 Å². The van der Waals surface area contributed by atoms with Crippen LogP contribution in [0.15, 0.2) is 30.5 Å². The number of nitrogens with zero attached hydrogens (tertiary/aromatic N) is 3. The van der Waals surface area contributed by atoms with Gasteiger partial charge in [-0.15, -0.1) is 25.6 Å². The first-order valence-electron chi connectivity index (χ1n) is 12.5. The molecular weight excluding hydrogens is 523 g/mol. The van der Waals surface area contributed by atoms with Gasteiger partial charge in [-0.2, -0.15) is 0 Å². The smallest absolute Gasteiger partial charge is 0.406 e. The number of hydrogen-bond acceptors (Lipinski definition) is 6. The van der Waals surface area contributed by atoms with Crippen molar-refractivity contribution in [2.24, 2.45) is 0 Å². The predicted octanol–water partition coefficient (Wildman–Crippen LogP) is 5.55. The molecule has 0 bridgehead atoms. The SMILES string of the molecule is COC1CCC(c2nc3nccc(C4CCN(C(=O)c5ccc(OC(F)(F)F)cc5N)CC4)c3[nH]2)CC1.Cl. The molecule has 12 heteroatoms. The van der Waals surface area contributed by atoms with Gasteiger partial charge in [-0.3, -0.25) is 4.79 Å².